The smallest absolute Gasteiger partial charge is 0.230 e. The van der Waals surface area contributed by atoms with Crippen LogP contribution in [-0.4, -0.2) is 46.6 Å². The second-order valence-corrected chi connectivity index (χ2v) is 8.18. The van der Waals surface area contributed by atoms with E-state index >= 15 is 0 Å². The minimum absolute atomic E-state index is 0.0471. The molecular weight excluding hydrogens is 396 g/mol. The number of nitrogens with one attached hydrogen (secondary N) is 1. The molecule has 30 heavy (non-hydrogen) atoms. The van der Waals surface area contributed by atoms with Crippen molar-refractivity contribution >= 4 is 17.7 Å². The summed E-state index contributed by atoms with van der Waals surface area (Å²) in [5, 5.41) is 12.1. The molecular formula is C23H26N4O2S. The molecule has 0 fully saturated rings. The fourth-order valence-electron chi connectivity index (χ4n) is 2.93. The van der Waals surface area contributed by atoms with E-state index < -0.39 is 0 Å². The third-order valence-electron chi connectivity index (χ3n) is 4.47. The van der Waals surface area contributed by atoms with E-state index in [4.69, 9.17) is 9.72 Å². The first-order chi connectivity index (χ1) is 14.5. The van der Waals surface area contributed by atoms with Crippen molar-refractivity contribution in [2.45, 2.75) is 32.0 Å². The van der Waals surface area contributed by atoms with E-state index in [1.165, 1.54) is 22.9 Å². The monoisotopic (exact) mass is 422 g/mol. The van der Waals surface area contributed by atoms with Crippen molar-refractivity contribution < 1.29 is 9.53 Å². The molecule has 6 nitrogen and oxygen atoms in total. The summed E-state index contributed by atoms with van der Waals surface area (Å²) in [7, 11) is 1.61. The number of benzene rings is 2. The van der Waals surface area contributed by atoms with Crippen molar-refractivity contribution in [3.63, 3.8) is 0 Å². The molecule has 3 aromatic rings. The van der Waals surface area contributed by atoms with Gasteiger partial charge in [-0.25, -0.2) is 4.98 Å². The zero-order chi connectivity index (χ0) is 21.5. The molecule has 0 radical (unpaired) electrons. The predicted molar refractivity (Wildman–Crippen MR) is 120 cm³/mol. The molecule has 156 valence electrons. The van der Waals surface area contributed by atoms with Crippen LogP contribution in [0.5, 0.6) is 0 Å². The number of nitrogens with zero attached hydrogens (tertiary/aromatic N) is 3. The van der Waals surface area contributed by atoms with Crippen molar-refractivity contribution in [3.05, 3.63) is 59.7 Å². The fourth-order valence-corrected chi connectivity index (χ4v) is 3.53. The van der Waals surface area contributed by atoms with Crippen LogP contribution in [0.25, 0.3) is 22.5 Å². The lowest BCUT2D eigenvalue weighted by atomic mass is 10.0. The van der Waals surface area contributed by atoms with Gasteiger partial charge in [0.2, 0.25) is 11.1 Å². The molecule has 7 heteroatoms. The molecule has 0 aliphatic heterocycles. The van der Waals surface area contributed by atoms with Gasteiger partial charge in [0, 0.05) is 24.3 Å². The van der Waals surface area contributed by atoms with Crippen LogP contribution < -0.4 is 5.32 Å². The number of aryl methyl sites for hydroxylation is 2. The predicted octanol–water partition coefficient (Wildman–Crippen LogP) is 4.07. The van der Waals surface area contributed by atoms with Crippen LogP contribution in [-0.2, 0) is 9.53 Å². The Morgan fingerprint density at radius 3 is 2.10 bits per heavy atom. The Kier molecular flexibility index (Phi) is 7.54. The van der Waals surface area contributed by atoms with Gasteiger partial charge < -0.3 is 10.1 Å². The van der Waals surface area contributed by atoms with E-state index in [1.807, 2.05) is 69.3 Å². The van der Waals surface area contributed by atoms with E-state index in [2.05, 4.69) is 15.5 Å². The van der Waals surface area contributed by atoms with Crippen LogP contribution in [0.1, 0.15) is 18.1 Å². The molecule has 1 atom stereocenters. The van der Waals surface area contributed by atoms with Crippen molar-refractivity contribution in [2.75, 3.05) is 19.5 Å². The highest BCUT2D eigenvalue weighted by atomic mass is 32.2. The summed E-state index contributed by atoms with van der Waals surface area (Å²) in [6.45, 7) is 6.47. The minimum atomic E-state index is -0.0901. The van der Waals surface area contributed by atoms with Crippen LogP contribution in [0.2, 0.25) is 0 Å². The number of carbonyl (C=O) groups excluding carboxylic acids is 1. The number of amides is 1. The molecule has 3 rings (SSSR count). The van der Waals surface area contributed by atoms with Gasteiger partial charge >= 0.3 is 0 Å². The normalized spacial score (nSPS) is 11.9. The molecule has 1 N–H and O–H groups in total. The third kappa shape index (κ3) is 5.87. The molecule has 0 saturated carbocycles. The summed E-state index contributed by atoms with van der Waals surface area (Å²) in [5.41, 5.74) is 5.75. The largest absolute Gasteiger partial charge is 0.383 e. The molecule has 1 heterocycles. The molecule has 0 unspecified atom stereocenters. The highest BCUT2D eigenvalue weighted by Crippen LogP contribution is 2.30. The number of ether oxygens (including phenoxy) is 1. The van der Waals surface area contributed by atoms with E-state index in [-0.39, 0.29) is 17.7 Å². The molecule has 0 saturated heterocycles. The third-order valence-corrected chi connectivity index (χ3v) is 5.31. The number of carbonyl (C=O) groups is 1. The number of aromatic nitrogens is 3. The Balaban J connectivity index is 1.86. The van der Waals surface area contributed by atoms with E-state index in [1.54, 1.807) is 7.11 Å². The lowest BCUT2D eigenvalue weighted by molar-refractivity contribution is -0.119. The summed E-state index contributed by atoms with van der Waals surface area (Å²) in [6.07, 6.45) is 0. The van der Waals surface area contributed by atoms with Gasteiger partial charge in [0.15, 0.2) is 0 Å². The second kappa shape index (κ2) is 10.3. The SMILES string of the molecule is COC[C@H](C)NC(=O)CSc1nnc(-c2ccc(C)cc2)c(-c2ccc(C)cc2)n1. The molecule has 0 bridgehead atoms. The van der Waals surface area contributed by atoms with Crippen LogP contribution in [0.4, 0.5) is 0 Å². The first-order valence-electron chi connectivity index (χ1n) is 9.76. The summed E-state index contributed by atoms with van der Waals surface area (Å²) in [4.78, 5) is 16.9. The lowest BCUT2D eigenvalue weighted by Crippen LogP contribution is -2.36. The number of rotatable bonds is 8. The van der Waals surface area contributed by atoms with Gasteiger partial charge in [-0.15, -0.1) is 10.2 Å². The molecule has 0 spiro atoms. The average molecular weight is 423 g/mol. The number of hydrogen-bond acceptors (Lipinski definition) is 6. The van der Waals surface area contributed by atoms with Gasteiger partial charge in [0.1, 0.15) is 11.4 Å². The summed E-state index contributed by atoms with van der Waals surface area (Å²) in [6, 6.07) is 16.3. The Morgan fingerprint density at radius 2 is 1.53 bits per heavy atom. The second-order valence-electron chi connectivity index (χ2n) is 7.24. The van der Waals surface area contributed by atoms with Crippen LogP contribution in [0.3, 0.4) is 0 Å². The van der Waals surface area contributed by atoms with Crippen LogP contribution >= 0.6 is 11.8 Å². The van der Waals surface area contributed by atoms with Crippen molar-refractivity contribution in [3.8, 4) is 22.5 Å². The van der Waals surface area contributed by atoms with Crippen LogP contribution in [0.15, 0.2) is 53.7 Å². The number of methoxy groups -OCH3 is 1. The number of hydrogen-bond donors (Lipinski definition) is 1. The van der Waals surface area contributed by atoms with Gasteiger partial charge in [0.25, 0.3) is 0 Å². The van der Waals surface area contributed by atoms with E-state index in [0.29, 0.717) is 11.8 Å². The van der Waals surface area contributed by atoms with Crippen molar-refractivity contribution in [2.24, 2.45) is 0 Å². The first kappa shape index (κ1) is 21.9. The quantitative estimate of drug-likeness (QED) is 0.552. The topological polar surface area (TPSA) is 77.0 Å². The Bertz CT molecular complexity index is 991. The lowest BCUT2D eigenvalue weighted by Gasteiger charge is -2.12. The molecule has 0 aliphatic carbocycles. The van der Waals surface area contributed by atoms with Crippen molar-refractivity contribution in [1.29, 1.82) is 0 Å². The van der Waals surface area contributed by atoms with Crippen LogP contribution in [0, 0.1) is 13.8 Å². The zero-order valence-electron chi connectivity index (χ0n) is 17.7. The van der Waals surface area contributed by atoms with Gasteiger partial charge in [-0.3, -0.25) is 4.79 Å². The Morgan fingerprint density at radius 1 is 0.967 bits per heavy atom. The minimum Gasteiger partial charge on any atom is -0.383 e. The molecule has 1 amide bonds. The molecule has 2 aromatic carbocycles. The maximum Gasteiger partial charge on any atom is 0.230 e. The Hall–Kier alpha value is -2.77. The van der Waals surface area contributed by atoms with Gasteiger partial charge in [-0.1, -0.05) is 71.4 Å². The molecule has 1 aromatic heterocycles. The van der Waals surface area contributed by atoms with Gasteiger partial charge in [-0.05, 0) is 20.8 Å². The van der Waals surface area contributed by atoms with Gasteiger partial charge in [0.05, 0.1) is 12.4 Å². The zero-order valence-corrected chi connectivity index (χ0v) is 18.5. The highest BCUT2D eigenvalue weighted by molar-refractivity contribution is 7.99. The van der Waals surface area contributed by atoms with E-state index in [9.17, 15) is 4.79 Å². The fraction of sp³-hybridized carbons (Fsp3) is 0.304. The standard InChI is InChI=1S/C23H26N4O2S/c1-15-5-9-18(10-6-15)21-22(19-11-7-16(2)8-12-19)26-27-23(25-21)30-14-20(28)24-17(3)13-29-4/h5-12,17H,13-14H2,1-4H3,(H,24,28)/t17-/m0/s1. The average Bonchev–Trinajstić information content (AvgIpc) is 2.73. The van der Waals surface area contributed by atoms with Gasteiger partial charge in [-0.2, -0.15) is 0 Å². The van der Waals surface area contributed by atoms with E-state index in [0.717, 1.165) is 22.5 Å². The maximum absolute atomic E-state index is 12.2. The number of thioether (sulfide) groups is 1. The Labute approximate surface area is 181 Å². The van der Waals surface area contributed by atoms with Crippen molar-refractivity contribution in [1.82, 2.24) is 20.5 Å². The molecule has 0 aliphatic rings. The summed E-state index contributed by atoms with van der Waals surface area (Å²) in [5.74, 6) is 0.125. The summed E-state index contributed by atoms with van der Waals surface area (Å²) < 4.78 is 5.05. The summed E-state index contributed by atoms with van der Waals surface area (Å²) >= 11 is 1.27. The highest BCUT2D eigenvalue weighted by Gasteiger charge is 2.15. The maximum atomic E-state index is 12.2. The first-order valence-corrected chi connectivity index (χ1v) is 10.7.